The number of aliphatic imine (C=N–C) groups is 1. The normalized spacial score (nSPS) is 15.3. The van der Waals surface area contributed by atoms with Crippen molar-refractivity contribution in [2.45, 2.75) is 47.0 Å². The predicted octanol–water partition coefficient (Wildman–Crippen LogP) is 8.17. The summed E-state index contributed by atoms with van der Waals surface area (Å²) in [4.78, 5) is 31.0. The molecule has 200 valence electrons. The number of aromatic carboxylic acids is 1. The van der Waals surface area contributed by atoms with Gasteiger partial charge in [0.2, 0.25) is 0 Å². The number of thiophene rings is 1. The molecule has 1 amide bonds. The van der Waals surface area contributed by atoms with E-state index in [2.05, 4.69) is 26.1 Å². The third-order valence-corrected chi connectivity index (χ3v) is 8.66. The zero-order valence-electron chi connectivity index (χ0n) is 22.6. The number of carboxylic acids is 1. The van der Waals surface area contributed by atoms with Crippen LogP contribution in [-0.2, 0) is 12.8 Å². The first-order valence-electron chi connectivity index (χ1n) is 13.1. The van der Waals surface area contributed by atoms with Crippen molar-refractivity contribution in [3.63, 3.8) is 0 Å². The maximum Gasteiger partial charge on any atom is 0.335 e. The minimum absolute atomic E-state index is 0.152. The summed E-state index contributed by atoms with van der Waals surface area (Å²) in [6, 6.07) is 18.2. The van der Waals surface area contributed by atoms with Crippen LogP contribution in [0.2, 0.25) is 0 Å². The Hall–Kier alpha value is -3.97. The highest BCUT2D eigenvalue weighted by molar-refractivity contribution is 7.16. The van der Waals surface area contributed by atoms with Crippen LogP contribution in [-0.4, -0.2) is 23.2 Å². The average molecular weight is 541 g/mol. The van der Waals surface area contributed by atoms with Crippen LogP contribution in [0.3, 0.4) is 0 Å². The molecule has 0 spiro atoms. The van der Waals surface area contributed by atoms with Crippen LogP contribution >= 0.6 is 11.3 Å². The van der Waals surface area contributed by atoms with Gasteiger partial charge in [0, 0.05) is 16.1 Å². The van der Waals surface area contributed by atoms with Gasteiger partial charge in [0.1, 0.15) is 16.5 Å². The molecule has 1 aliphatic carbocycles. The van der Waals surface area contributed by atoms with Crippen molar-refractivity contribution in [3.8, 4) is 11.3 Å². The number of rotatable bonds is 6. The number of carboxylic acid groups (broad SMARTS) is 1. The van der Waals surface area contributed by atoms with Crippen molar-refractivity contribution in [3.05, 3.63) is 93.6 Å². The molecule has 2 heterocycles. The number of carbonyl (C=O) groups is 2. The molecule has 0 bridgehead atoms. The van der Waals surface area contributed by atoms with E-state index < -0.39 is 5.97 Å². The standard InChI is InChI=1S/C32H32N2O4S/c1-19-23(11-8-12-24(19)31(36)37)26-16-14-22(38-26)18-33-30-28(29(35)34-21-9-6-5-7-10-21)25-15-13-20(32(2,3)4)17-27(25)39-30/h5-12,14,16,18,20H,13,15,17H2,1-4H3,(H,34,35)(H,36,37)/t20-/m0/s1. The van der Waals surface area contributed by atoms with E-state index in [0.29, 0.717) is 33.6 Å². The monoisotopic (exact) mass is 540 g/mol. The molecular formula is C32H32N2O4S. The number of benzene rings is 2. The van der Waals surface area contributed by atoms with Crippen molar-refractivity contribution < 1.29 is 19.1 Å². The minimum Gasteiger partial charge on any atom is -0.478 e. The molecule has 1 aliphatic rings. The van der Waals surface area contributed by atoms with Gasteiger partial charge in [0.25, 0.3) is 5.91 Å². The van der Waals surface area contributed by atoms with E-state index in [1.807, 2.05) is 42.5 Å². The number of furan rings is 1. The van der Waals surface area contributed by atoms with Crippen molar-refractivity contribution in [1.29, 1.82) is 0 Å². The number of hydrogen-bond donors (Lipinski definition) is 2. The number of anilines is 1. The number of fused-ring (bicyclic) bond motifs is 1. The van der Waals surface area contributed by atoms with Gasteiger partial charge < -0.3 is 14.8 Å². The average Bonchev–Trinajstić information content (AvgIpc) is 3.51. The number of amides is 1. The number of carbonyl (C=O) groups excluding carboxylic acids is 1. The Labute approximate surface area is 232 Å². The third-order valence-electron chi connectivity index (χ3n) is 7.50. The smallest absolute Gasteiger partial charge is 0.335 e. The second-order valence-electron chi connectivity index (χ2n) is 11.1. The summed E-state index contributed by atoms with van der Waals surface area (Å²) in [6.07, 6.45) is 4.47. The Bertz CT molecular complexity index is 1560. The van der Waals surface area contributed by atoms with Gasteiger partial charge in [-0.2, -0.15) is 0 Å². The number of nitrogens with one attached hydrogen (secondary N) is 1. The topological polar surface area (TPSA) is 91.9 Å². The van der Waals surface area contributed by atoms with E-state index >= 15 is 0 Å². The summed E-state index contributed by atoms with van der Waals surface area (Å²) < 4.78 is 6.03. The van der Waals surface area contributed by atoms with E-state index in [9.17, 15) is 14.7 Å². The van der Waals surface area contributed by atoms with Crippen LogP contribution in [0.4, 0.5) is 10.7 Å². The predicted molar refractivity (Wildman–Crippen MR) is 157 cm³/mol. The molecule has 0 fully saturated rings. The molecule has 5 rings (SSSR count). The highest BCUT2D eigenvalue weighted by Gasteiger charge is 2.33. The summed E-state index contributed by atoms with van der Waals surface area (Å²) in [5.41, 5.74) is 4.28. The van der Waals surface area contributed by atoms with E-state index in [4.69, 9.17) is 9.41 Å². The van der Waals surface area contributed by atoms with E-state index in [-0.39, 0.29) is 16.9 Å². The number of para-hydroxylation sites is 1. The van der Waals surface area contributed by atoms with Crippen LogP contribution in [0, 0.1) is 18.3 Å². The fourth-order valence-electron chi connectivity index (χ4n) is 5.17. The first kappa shape index (κ1) is 26.6. The Morgan fingerprint density at radius 2 is 1.85 bits per heavy atom. The van der Waals surface area contributed by atoms with Gasteiger partial charge in [-0.3, -0.25) is 4.79 Å². The zero-order valence-corrected chi connectivity index (χ0v) is 23.4. The van der Waals surface area contributed by atoms with Crippen LogP contribution < -0.4 is 5.32 Å². The van der Waals surface area contributed by atoms with Crippen LogP contribution in [0.1, 0.15) is 69.7 Å². The van der Waals surface area contributed by atoms with Crippen LogP contribution in [0.5, 0.6) is 0 Å². The van der Waals surface area contributed by atoms with Gasteiger partial charge >= 0.3 is 5.97 Å². The summed E-state index contributed by atoms with van der Waals surface area (Å²) in [5, 5.41) is 13.2. The maximum absolute atomic E-state index is 13.5. The minimum atomic E-state index is -0.973. The molecule has 0 unspecified atom stereocenters. The molecule has 2 N–H and O–H groups in total. The Balaban J connectivity index is 1.47. The second kappa shape index (κ2) is 10.7. The number of hydrogen-bond acceptors (Lipinski definition) is 5. The van der Waals surface area contributed by atoms with E-state index in [0.717, 1.165) is 36.1 Å². The summed E-state index contributed by atoms with van der Waals surface area (Å²) >= 11 is 1.59. The molecule has 0 aliphatic heterocycles. The van der Waals surface area contributed by atoms with Gasteiger partial charge in [0.05, 0.1) is 17.3 Å². The number of nitrogens with zero attached hydrogens (tertiary/aromatic N) is 1. The molecule has 2 aromatic heterocycles. The maximum atomic E-state index is 13.5. The lowest BCUT2D eigenvalue weighted by Crippen LogP contribution is -2.27. The largest absolute Gasteiger partial charge is 0.478 e. The molecule has 4 aromatic rings. The molecule has 0 saturated heterocycles. The molecule has 2 aromatic carbocycles. The van der Waals surface area contributed by atoms with E-state index in [1.54, 1.807) is 42.7 Å². The zero-order chi connectivity index (χ0) is 27.7. The van der Waals surface area contributed by atoms with Gasteiger partial charge in [-0.1, -0.05) is 51.1 Å². The molecule has 0 saturated carbocycles. The molecule has 1 atom stereocenters. The van der Waals surface area contributed by atoms with Gasteiger partial charge in [-0.25, -0.2) is 9.79 Å². The van der Waals surface area contributed by atoms with Gasteiger partial charge in [-0.15, -0.1) is 11.3 Å². The van der Waals surface area contributed by atoms with Crippen molar-refractivity contribution in [2.24, 2.45) is 16.3 Å². The van der Waals surface area contributed by atoms with Gasteiger partial charge in [0.15, 0.2) is 0 Å². The first-order chi connectivity index (χ1) is 18.6. The van der Waals surface area contributed by atoms with Crippen molar-refractivity contribution >= 4 is 40.1 Å². The van der Waals surface area contributed by atoms with E-state index in [1.165, 1.54) is 4.88 Å². The molecule has 0 radical (unpaired) electrons. The lowest BCUT2D eigenvalue weighted by molar-refractivity contribution is 0.0696. The Kier molecular flexibility index (Phi) is 7.28. The SMILES string of the molecule is Cc1c(C(=O)O)cccc1-c1ccc(C=Nc2sc3c(c2C(=O)Nc2ccccc2)CC[C@H](C(C)(C)C)C3)o1. The molecular weight excluding hydrogens is 508 g/mol. The summed E-state index contributed by atoms with van der Waals surface area (Å²) in [6.45, 7) is 8.61. The lowest BCUT2D eigenvalue weighted by atomic mass is 9.72. The quantitative estimate of drug-likeness (QED) is 0.241. The molecule has 7 heteroatoms. The van der Waals surface area contributed by atoms with Crippen LogP contribution in [0.15, 0.2) is 70.1 Å². The molecule has 6 nitrogen and oxygen atoms in total. The first-order valence-corrected chi connectivity index (χ1v) is 13.9. The lowest BCUT2D eigenvalue weighted by Gasteiger charge is -2.33. The Morgan fingerprint density at radius 1 is 1.08 bits per heavy atom. The van der Waals surface area contributed by atoms with Crippen molar-refractivity contribution in [2.75, 3.05) is 5.32 Å². The Morgan fingerprint density at radius 3 is 2.56 bits per heavy atom. The van der Waals surface area contributed by atoms with Crippen LogP contribution in [0.25, 0.3) is 11.3 Å². The summed E-state index contributed by atoms with van der Waals surface area (Å²) in [5.74, 6) is 0.514. The third kappa shape index (κ3) is 5.59. The summed E-state index contributed by atoms with van der Waals surface area (Å²) in [7, 11) is 0. The second-order valence-corrected chi connectivity index (χ2v) is 12.1. The fourth-order valence-corrected chi connectivity index (χ4v) is 6.44. The van der Waals surface area contributed by atoms with Gasteiger partial charge in [-0.05, 0) is 79.0 Å². The van der Waals surface area contributed by atoms with Crippen molar-refractivity contribution in [1.82, 2.24) is 0 Å². The molecule has 39 heavy (non-hydrogen) atoms. The highest BCUT2D eigenvalue weighted by Crippen LogP contribution is 2.45. The fraction of sp³-hybridized carbons (Fsp3) is 0.281. The highest BCUT2D eigenvalue weighted by atomic mass is 32.1.